The molecule has 2 aromatic rings. The molecule has 0 saturated heterocycles. The van der Waals surface area contributed by atoms with Crippen molar-refractivity contribution in [1.29, 1.82) is 0 Å². The lowest BCUT2D eigenvalue weighted by Crippen LogP contribution is -1.72. The van der Waals surface area contributed by atoms with Crippen molar-refractivity contribution in [2.45, 2.75) is 6.92 Å². The molecule has 0 saturated carbocycles. The minimum atomic E-state index is 0.133. The summed E-state index contributed by atoms with van der Waals surface area (Å²) in [6, 6.07) is 11.8. The Balaban J connectivity index is 0.000000171. The minimum absolute atomic E-state index is 0.133. The molecule has 0 heterocycles. The molecule has 0 radical (unpaired) electrons. The fourth-order valence-corrected chi connectivity index (χ4v) is 1.35. The molecule has 17 heavy (non-hydrogen) atoms. The number of phenols is 2. The zero-order chi connectivity index (χ0) is 12.8. The number of phenolic OH excluding ortho intramolecular Hbond substituents is 2. The van der Waals surface area contributed by atoms with Crippen LogP contribution in [0, 0.1) is 6.92 Å². The molecule has 2 rings (SSSR count). The van der Waals surface area contributed by atoms with Gasteiger partial charge in [-0.25, -0.2) is 0 Å². The van der Waals surface area contributed by atoms with E-state index in [9.17, 15) is 0 Å². The molecule has 2 aromatic carbocycles. The van der Waals surface area contributed by atoms with Crippen molar-refractivity contribution in [3.05, 3.63) is 58.1 Å². The van der Waals surface area contributed by atoms with Crippen LogP contribution in [-0.2, 0) is 0 Å². The Hall–Kier alpha value is -1.38. The molecule has 0 spiro atoms. The van der Waals surface area contributed by atoms with Crippen molar-refractivity contribution in [2.24, 2.45) is 0 Å². The molecule has 0 amide bonds. The lowest BCUT2D eigenvalue weighted by atomic mass is 10.2. The molecule has 0 fully saturated rings. The van der Waals surface area contributed by atoms with Crippen LogP contribution in [0.5, 0.6) is 11.5 Å². The van der Waals surface area contributed by atoms with Crippen LogP contribution >= 0.6 is 23.2 Å². The van der Waals surface area contributed by atoms with E-state index >= 15 is 0 Å². The quantitative estimate of drug-likeness (QED) is 0.745. The summed E-state index contributed by atoms with van der Waals surface area (Å²) in [6.45, 7) is 1.85. The fourth-order valence-electron chi connectivity index (χ4n) is 1.08. The van der Waals surface area contributed by atoms with Crippen LogP contribution in [0.4, 0.5) is 0 Å². The Kier molecular flexibility index (Phi) is 5.13. The second kappa shape index (κ2) is 6.38. The van der Waals surface area contributed by atoms with E-state index in [1.807, 2.05) is 13.0 Å². The highest BCUT2D eigenvalue weighted by Gasteiger charge is 1.97. The Morgan fingerprint density at radius 2 is 1.41 bits per heavy atom. The lowest BCUT2D eigenvalue weighted by molar-refractivity contribution is 0.475. The second-order valence-electron chi connectivity index (χ2n) is 3.36. The molecular weight excluding hydrogens is 259 g/mol. The normalized spacial score (nSPS) is 9.35. The van der Waals surface area contributed by atoms with Gasteiger partial charge in [0.05, 0.1) is 10.0 Å². The summed E-state index contributed by atoms with van der Waals surface area (Å²) in [7, 11) is 0. The minimum Gasteiger partial charge on any atom is -0.506 e. The number of hydrogen-bond acceptors (Lipinski definition) is 2. The van der Waals surface area contributed by atoms with E-state index in [0.717, 1.165) is 5.56 Å². The number of aromatic hydroxyl groups is 2. The van der Waals surface area contributed by atoms with Crippen LogP contribution in [0.25, 0.3) is 0 Å². The third kappa shape index (κ3) is 4.17. The van der Waals surface area contributed by atoms with Crippen molar-refractivity contribution in [3.63, 3.8) is 0 Å². The summed E-state index contributed by atoms with van der Waals surface area (Å²) in [6.07, 6.45) is 0. The lowest BCUT2D eigenvalue weighted by Gasteiger charge is -1.97. The Morgan fingerprint density at radius 1 is 0.824 bits per heavy atom. The van der Waals surface area contributed by atoms with Gasteiger partial charge < -0.3 is 10.2 Å². The van der Waals surface area contributed by atoms with Crippen LogP contribution in [0.2, 0.25) is 10.0 Å². The van der Waals surface area contributed by atoms with Gasteiger partial charge in [0.15, 0.2) is 0 Å². The van der Waals surface area contributed by atoms with Gasteiger partial charge in [-0.1, -0.05) is 47.5 Å². The summed E-state index contributed by atoms with van der Waals surface area (Å²) >= 11 is 11.1. The third-order valence-corrected chi connectivity index (χ3v) is 2.84. The van der Waals surface area contributed by atoms with Crippen LogP contribution < -0.4 is 0 Å². The summed E-state index contributed by atoms with van der Waals surface area (Å²) in [4.78, 5) is 0. The van der Waals surface area contributed by atoms with E-state index in [1.54, 1.807) is 36.4 Å². The monoisotopic (exact) mass is 270 g/mol. The molecule has 0 aromatic heterocycles. The van der Waals surface area contributed by atoms with E-state index in [4.69, 9.17) is 33.4 Å². The van der Waals surface area contributed by atoms with Gasteiger partial charge in [-0.2, -0.15) is 0 Å². The van der Waals surface area contributed by atoms with Gasteiger partial charge in [-0.15, -0.1) is 0 Å². The fraction of sp³-hybridized carbons (Fsp3) is 0.0769. The van der Waals surface area contributed by atoms with Crippen LogP contribution in [0.1, 0.15) is 5.56 Å². The average molecular weight is 271 g/mol. The average Bonchev–Trinajstić information content (AvgIpc) is 2.31. The number of aryl methyl sites for hydroxylation is 1. The highest BCUT2D eigenvalue weighted by Crippen LogP contribution is 2.25. The first-order valence-electron chi connectivity index (χ1n) is 4.90. The number of benzene rings is 2. The standard InChI is InChI=1S/C7H7ClO.C6H5ClO/c1-5-3-2-4-6(9)7(5)8;7-5-3-1-2-4-6(5)8/h2-4,9H,1H3;1-4,8H. The number of para-hydroxylation sites is 1. The van der Waals surface area contributed by atoms with Crippen molar-refractivity contribution < 1.29 is 10.2 Å². The van der Waals surface area contributed by atoms with Gasteiger partial charge in [0, 0.05) is 0 Å². The highest BCUT2D eigenvalue weighted by molar-refractivity contribution is 6.32. The van der Waals surface area contributed by atoms with Gasteiger partial charge in [0.1, 0.15) is 11.5 Å². The van der Waals surface area contributed by atoms with Crippen molar-refractivity contribution in [2.75, 3.05) is 0 Å². The molecule has 90 valence electrons. The molecule has 0 aliphatic rings. The zero-order valence-electron chi connectivity index (χ0n) is 9.19. The number of hydrogen-bond donors (Lipinski definition) is 2. The molecule has 0 atom stereocenters. The predicted molar refractivity (Wildman–Crippen MR) is 71.0 cm³/mol. The molecule has 4 heteroatoms. The Bertz CT molecular complexity index is 457. The van der Waals surface area contributed by atoms with Gasteiger partial charge in [-0.3, -0.25) is 0 Å². The maximum atomic E-state index is 8.97. The molecule has 0 bridgehead atoms. The first-order chi connectivity index (χ1) is 8.02. The second-order valence-corrected chi connectivity index (χ2v) is 4.14. The first kappa shape index (κ1) is 13.7. The van der Waals surface area contributed by atoms with E-state index in [1.165, 1.54) is 0 Å². The maximum absolute atomic E-state index is 8.97. The Morgan fingerprint density at radius 3 is 1.82 bits per heavy atom. The smallest absolute Gasteiger partial charge is 0.134 e. The summed E-state index contributed by atoms with van der Waals surface area (Å²) in [5.41, 5.74) is 0.900. The summed E-state index contributed by atoms with van der Waals surface area (Å²) in [5.74, 6) is 0.283. The number of halogens is 2. The van der Waals surface area contributed by atoms with Crippen molar-refractivity contribution >= 4 is 23.2 Å². The van der Waals surface area contributed by atoms with E-state index < -0.39 is 0 Å². The van der Waals surface area contributed by atoms with E-state index in [-0.39, 0.29) is 11.5 Å². The van der Waals surface area contributed by atoms with Crippen LogP contribution in [0.3, 0.4) is 0 Å². The largest absolute Gasteiger partial charge is 0.506 e. The first-order valence-corrected chi connectivity index (χ1v) is 5.65. The van der Waals surface area contributed by atoms with E-state index in [2.05, 4.69) is 0 Å². The summed E-state index contributed by atoms with van der Waals surface area (Å²) < 4.78 is 0. The highest BCUT2D eigenvalue weighted by atomic mass is 35.5. The van der Waals surface area contributed by atoms with Gasteiger partial charge >= 0.3 is 0 Å². The number of rotatable bonds is 0. The molecule has 0 aliphatic heterocycles. The van der Waals surface area contributed by atoms with Crippen LogP contribution in [0.15, 0.2) is 42.5 Å². The Labute approximate surface area is 110 Å². The molecular formula is C13H12Cl2O2. The van der Waals surface area contributed by atoms with Gasteiger partial charge in [0.2, 0.25) is 0 Å². The van der Waals surface area contributed by atoms with Crippen molar-refractivity contribution in [3.8, 4) is 11.5 Å². The van der Waals surface area contributed by atoms with E-state index in [0.29, 0.717) is 10.0 Å². The topological polar surface area (TPSA) is 40.5 Å². The van der Waals surface area contributed by atoms with Gasteiger partial charge in [-0.05, 0) is 30.7 Å². The molecule has 0 unspecified atom stereocenters. The molecule has 0 aliphatic carbocycles. The van der Waals surface area contributed by atoms with Crippen molar-refractivity contribution in [1.82, 2.24) is 0 Å². The zero-order valence-corrected chi connectivity index (χ0v) is 10.7. The predicted octanol–water partition coefficient (Wildman–Crippen LogP) is 4.40. The van der Waals surface area contributed by atoms with Gasteiger partial charge in [0.25, 0.3) is 0 Å². The third-order valence-electron chi connectivity index (χ3n) is 2.02. The SMILES string of the molecule is Cc1cccc(O)c1Cl.Oc1ccccc1Cl. The maximum Gasteiger partial charge on any atom is 0.134 e. The molecule has 2 N–H and O–H groups in total. The van der Waals surface area contributed by atoms with Crippen LogP contribution in [-0.4, -0.2) is 10.2 Å². The molecule has 2 nitrogen and oxygen atoms in total. The summed E-state index contributed by atoms with van der Waals surface area (Å²) in [5, 5.41) is 18.6.